The zero-order valence-electron chi connectivity index (χ0n) is 14.5. The molecule has 2 N–H and O–H groups in total. The molecule has 4 rings (SSSR count). The Morgan fingerprint density at radius 2 is 1.54 bits per heavy atom. The van der Waals surface area contributed by atoms with Crippen molar-refractivity contribution >= 4 is 23.3 Å². The number of hydrogen-bond donors (Lipinski definition) is 2. The highest BCUT2D eigenvalue weighted by Gasteiger charge is 2.25. The van der Waals surface area contributed by atoms with Crippen LogP contribution >= 0.6 is 0 Å². The van der Waals surface area contributed by atoms with Crippen molar-refractivity contribution in [2.24, 2.45) is 4.99 Å². The lowest BCUT2D eigenvalue weighted by atomic mass is 10.0. The van der Waals surface area contributed by atoms with Crippen molar-refractivity contribution in [2.45, 2.75) is 6.61 Å². The highest BCUT2D eigenvalue weighted by molar-refractivity contribution is 6.27. The van der Waals surface area contributed by atoms with Crippen LogP contribution in [0.15, 0.2) is 83.2 Å². The van der Waals surface area contributed by atoms with E-state index in [1.807, 2.05) is 54.6 Å². The van der Waals surface area contributed by atoms with Crippen molar-refractivity contribution in [3.05, 3.63) is 94.3 Å². The summed E-state index contributed by atoms with van der Waals surface area (Å²) in [5.41, 5.74) is 2.36. The number of allylic oxidation sites excluding steroid dienone is 3. The molecule has 0 amide bonds. The topological polar surface area (TPSA) is 113 Å². The van der Waals surface area contributed by atoms with E-state index in [-0.39, 0.29) is 5.78 Å². The molecule has 140 valence electrons. The van der Waals surface area contributed by atoms with Gasteiger partial charge in [0.05, 0.1) is 10.9 Å². The fourth-order valence-electron chi connectivity index (χ4n) is 2.68. The monoisotopic (exact) mass is 377 g/mol. The molecule has 7 heteroatoms. The minimum Gasteiger partial charge on any atom is -0.487 e. The molecule has 1 aliphatic heterocycles. The molecule has 28 heavy (non-hydrogen) atoms. The SMILES string of the molecule is O=C(O)C(=O)O.O=C1C=CC(OCc2ccccc2)=C2N=c3ccccc3=C12. The van der Waals surface area contributed by atoms with Crippen LogP contribution in [0.3, 0.4) is 0 Å². The maximum Gasteiger partial charge on any atom is 0.414 e. The maximum atomic E-state index is 12.2. The van der Waals surface area contributed by atoms with Gasteiger partial charge < -0.3 is 14.9 Å². The number of aliphatic carboxylic acids is 2. The van der Waals surface area contributed by atoms with Crippen molar-refractivity contribution in [3.8, 4) is 0 Å². The Hall–Kier alpha value is -4.00. The average molecular weight is 377 g/mol. The molecule has 7 nitrogen and oxygen atoms in total. The van der Waals surface area contributed by atoms with Crippen molar-refractivity contribution in [2.75, 3.05) is 0 Å². The second-order valence-corrected chi connectivity index (χ2v) is 5.80. The summed E-state index contributed by atoms with van der Waals surface area (Å²) in [6, 6.07) is 17.6. The molecule has 1 heterocycles. The summed E-state index contributed by atoms with van der Waals surface area (Å²) in [6.45, 7) is 0.456. The Labute approximate surface area is 159 Å². The van der Waals surface area contributed by atoms with E-state index in [4.69, 9.17) is 24.5 Å². The molecule has 0 unspecified atom stereocenters. The van der Waals surface area contributed by atoms with Gasteiger partial charge in [-0.25, -0.2) is 14.6 Å². The average Bonchev–Trinajstić information content (AvgIpc) is 3.09. The van der Waals surface area contributed by atoms with Crippen LogP contribution < -0.4 is 10.6 Å². The number of rotatable bonds is 3. The standard InChI is InChI=1S/C19H13NO2.C2H2O4/c21-16-10-11-17(22-12-13-6-2-1-3-7-13)19-18(16)14-8-4-5-9-15(14)20-19;3-1(4)2(5)6/h1-11H,12H2;(H,3,4)(H,5,6). The van der Waals surface area contributed by atoms with E-state index < -0.39 is 11.9 Å². The summed E-state index contributed by atoms with van der Waals surface area (Å²) < 4.78 is 5.89. The third kappa shape index (κ3) is 4.04. The summed E-state index contributed by atoms with van der Waals surface area (Å²) in [5, 5.41) is 16.5. The van der Waals surface area contributed by atoms with Crippen molar-refractivity contribution < 1.29 is 29.3 Å². The molecule has 0 spiro atoms. The second-order valence-electron chi connectivity index (χ2n) is 5.80. The van der Waals surface area contributed by atoms with Gasteiger partial charge in [-0.2, -0.15) is 0 Å². The number of ketones is 1. The Bertz CT molecular complexity index is 1120. The fourth-order valence-corrected chi connectivity index (χ4v) is 2.68. The van der Waals surface area contributed by atoms with E-state index in [0.29, 0.717) is 23.6 Å². The fraction of sp³-hybridized carbons (Fsp3) is 0.0476. The summed E-state index contributed by atoms with van der Waals surface area (Å²) in [6.07, 6.45) is 3.26. The Kier molecular flexibility index (Phi) is 5.45. The highest BCUT2D eigenvalue weighted by atomic mass is 16.5. The van der Waals surface area contributed by atoms with Gasteiger partial charge in [0, 0.05) is 5.22 Å². The van der Waals surface area contributed by atoms with E-state index in [9.17, 15) is 4.79 Å². The molecular weight excluding hydrogens is 362 g/mol. The number of nitrogens with zero attached hydrogens (tertiary/aromatic N) is 1. The predicted molar refractivity (Wildman–Crippen MR) is 98.3 cm³/mol. The van der Waals surface area contributed by atoms with Gasteiger partial charge in [0.15, 0.2) is 5.78 Å². The third-order valence-corrected chi connectivity index (χ3v) is 3.93. The zero-order valence-corrected chi connectivity index (χ0v) is 14.5. The van der Waals surface area contributed by atoms with Gasteiger partial charge in [0.25, 0.3) is 0 Å². The summed E-state index contributed by atoms with van der Waals surface area (Å²) in [4.78, 5) is 34.9. The number of carbonyl (C=O) groups is 3. The number of carbonyl (C=O) groups excluding carboxylic acids is 1. The van der Waals surface area contributed by atoms with Crippen molar-refractivity contribution in [3.63, 3.8) is 0 Å². The molecule has 1 aliphatic carbocycles. The molecule has 2 aromatic carbocycles. The number of benzene rings is 2. The number of para-hydroxylation sites is 1. The first-order chi connectivity index (χ1) is 13.5. The third-order valence-electron chi connectivity index (χ3n) is 3.93. The molecular formula is C21H15NO6. The van der Waals surface area contributed by atoms with Crippen LogP contribution in [0.4, 0.5) is 0 Å². The molecule has 0 bridgehead atoms. The van der Waals surface area contributed by atoms with E-state index in [1.54, 1.807) is 12.2 Å². The predicted octanol–water partition coefficient (Wildman–Crippen LogP) is 1.19. The smallest absolute Gasteiger partial charge is 0.414 e. The highest BCUT2D eigenvalue weighted by Crippen LogP contribution is 2.26. The number of hydrogen-bond acceptors (Lipinski definition) is 5. The zero-order chi connectivity index (χ0) is 20.1. The lowest BCUT2D eigenvalue weighted by Crippen LogP contribution is -2.24. The van der Waals surface area contributed by atoms with Gasteiger partial charge in [0.1, 0.15) is 18.1 Å². The minimum absolute atomic E-state index is 0.0178. The van der Waals surface area contributed by atoms with Gasteiger partial charge in [0.2, 0.25) is 0 Å². The lowest BCUT2D eigenvalue weighted by Gasteiger charge is -2.13. The quantitative estimate of drug-likeness (QED) is 0.777. The van der Waals surface area contributed by atoms with E-state index in [0.717, 1.165) is 16.1 Å². The molecule has 2 aromatic rings. The summed E-state index contributed by atoms with van der Waals surface area (Å²) in [7, 11) is 0. The normalized spacial score (nSPS) is 13.7. The Morgan fingerprint density at radius 1 is 0.893 bits per heavy atom. The molecule has 0 fully saturated rings. The van der Waals surface area contributed by atoms with Crippen LogP contribution in [0.5, 0.6) is 0 Å². The first-order valence-corrected chi connectivity index (χ1v) is 8.25. The molecule has 0 atom stereocenters. The van der Waals surface area contributed by atoms with Crippen LogP contribution in [0.25, 0.3) is 5.57 Å². The number of fused-ring (bicyclic) bond motifs is 2. The van der Waals surface area contributed by atoms with Gasteiger partial charge >= 0.3 is 11.9 Å². The first-order valence-electron chi connectivity index (χ1n) is 8.25. The molecule has 0 aromatic heterocycles. The Morgan fingerprint density at radius 3 is 2.21 bits per heavy atom. The summed E-state index contributed by atoms with van der Waals surface area (Å²) in [5.74, 6) is -3.02. The van der Waals surface area contributed by atoms with E-state index >= 15 is 0 Å². The molecule has 0 radical (unpaired) electrons. The van der Waals surface area contributed by atoms with Crippen LogP contribution in [-0.2, 0) is 25.7 Å². The van der Waals surface area contributed by atoms with Crippen molar-refractivity contribution in [1.29, 1.82) is 0 Å². The van der Waals surface area contributed by atoms with Crippen LogP contribution in [0.2, 0.25) is 0 Å². The number of carboxylic acid groups (broad SMARTS) is 2. The van der Waals surface area contributed by atoms with Crippen LogP contribution in [-0.4, -0.2) is 27.9 Å². The Balaban J connectivity index is 0.000000330. The molecule has 2 aliphatic rings. The van der Waals surface area contributed by atoms with Crippen LogP contribution in [0, 0.1) is 0 Å². The largest absolute Gasteiger partial charge is 0.487 e. The maximum absolute atomic E-state index is 12.2. The van der Waals surface area contributed by atoms with E-state index in [2.05, 4.69) is 4.99 Å². The summed E-state index contributed by atoms with van der Waals surface area (Å²) >= 11 is 0. The molecule has 0 saturated carbocycles. The number of ether oxygens (including phenoxy) is 1. The molecule has 0 saturated heterocycles. The van der Waals surface area contributed by atoms with Crippen LogP contribution in [0.1, 0.15) is 5.56 Å². The van der Waals surface area contributed by atoms with E-state index in [1.165, 1.54) is 0 Å². The number of carboxylic acids is 2. The second kappa shape index (κ2) is 8.13. The minimum atomic E-state index is -1.82. The van der Waals surface area contributed by atoms with Crippen molar-refractivity contribution in [1.82, 2.24) is 0 Å². The van der Waals surface area contributed by atoms with Gasteiger partial charge in [-0.05, 0) is 23.8 Å². The van der Waals surface area contributed by atoms with Gasteiger partial charge in [-0.1, -0.05) is 48.5 Å². The first kappa shape index (κ1) is 18.8. The van der Waals surface area contributed by atoms with Gasteiger partial charge in [-0.3, -0.25) is 4.79 Å². The van der Waals surface area contributed by atoms with Gasteiger partial charge in [-0.15, -0.1) is 0 Å². The lowest BCUT2D eigenvalue weighted by molar-refractivity contribution is -0.159.